The van der Waals surface area contributed by atoms with Crippen LogP contribution in [0, 0.1) is 25.2 Å². The van der Waals surface area contributed by atoms with Crippen LogP contribution in [0.1, 0.15) is 27.0 Å². The third-order valence-corrected chi connectivity index (χ3v) is 4.81. The fourth-order valence-electron chi connectivity index (χ4n) is 3.41. The van der Waals surface area contributed by atoms with Crippen molar-refractivity contribution in [2.24, 2.45) is 0 Å². The summed E-state index contributed by atoms with van der Waals surface area (Å²) < 4.78 is 6.15. The van der Waals surface area contributed by atoms with Crippen molar-refractivity contribution in [2.75, 3.05) is 5.32 Å². The van der Waals surface area contributed by atoms with E-state index in [0.29, 0.717) is 22.8 Å². The molecule has 5 heteroatoms. The Morgan fingerprint density at radius 3 is 2.37 bits per heavy atom. The Kier molecular flexibility index (Phi) is 5.15. The third kappa shape index (κ3) is 3.85. The van der Waals surface area contributed by atoms with Crippen LogP contribution in [0.15, 0.2) is 66.7 Å². The number of aromatic nitrogens is 1. The molecular formula is C25H19N3O2. The summed E-state index contributed by atoms with van der Waals surface area (Å²) in [6.07, 6.45) is 0.831. The molecule has 4 rings (SSSR count). The number of nitrogens with one attached hydrogen (secondary N) is 1. The smallest absolute Gasteiger partial charge is 0.221 e. The molecule has 1 heterocycles. The first kappa shape index (κ1) is 19.2. The Morgan fingerprint density at radius 2 is 1.70 bits per heavy atom. The number of fused-ring (bicyclic) bond motifs is 1. The van der Waals surface area contributed by atoms with Crippen LogP contribution in [0.3, 0.4) is 0 Å². The summed E-state index contributed by atoms with van der Waals surface area (Å²) in [5, 5.41) is 13.4. The van der Waals surface area contributed by atoms with Gasteiger partial charge in [-0.2, -0.15) is 5.26 Å². The normalized spacial score (nSPS) is 10.4. The van der Waals surface area contributed by atoms with Crippen LogP contribution in [0.4, 0.5) is 11.4 Å². The minimum absolute atomic E-state index is 0.454. The molecule has 146 valence electrons. The van der Waals surface area contributed by atoms with Gasteiger partial charge in [0.25, 0.3) is 0 Å². The molecule has 1 aromatic heterocycles. The number of nitrogens with zero attached hydrogens (tertiary/aromatic N) is 2. The summed E-state index contributed by atoms with van der Waals surface area (Å²) in [7, 11) is 0. The first-order chi connectivity index (χ1) is 14.6. The van der Waals surface area contributed by atoms with E-state index in [4.69, 9.17) is 10.00 Å². The molecule has 0 fully saturated rings. The molecule has 30 heavy (non-hydrogen) atoms. The quantitative estimate of drug-likeness (QED) is 0.416. The van der Waals surface area contributed by atoms with Gasteiger partial charge in [-0.05, 0) is 67.4 Å². The monoisotopic (exact) mass is 393 g/mol. The summed E-state index contributed by atoms with van der Waals surface area (Å²) in [6.45, 7) is 3.82. The number of carbonyl (C=O) groups excluding carboxylic acids is 1. The molecule has 0 saturated heterocycles. The second-order valence-corrected chi connectivity index (χ2v) is 7.04. The van der Waals surface area contributed by atoms with E-state index in [0.717, 1.165) is 39.7 Å². The Bertz CT molecular complexity index is 1270. The lowest BCUT2D eigenvalue weighted by molar-refractivity contribution is 0.112. The molecule has 5 nitrogen and oxygen atoms in total. The number of carbonyl (C=O) groups is 1. The molecule has 0 bridgehead atoms. The number of ether oxygens (including phenoxy) is 1. The van der Waals surface area contributed by atoms with E-state index in [1.807, 2.05) is 56.3 Å². The van der Waals surface area contributed by atoms with Crippen LogP contribution in [0.5, 0.6) is 11.6 Å². The maximum Gasteiger partial charge on any atom is 0.221 e. The van der Waals surface area contributed by atoms with E-state index in [1.165, 1.54) is 0 Å². The van der Waals surface area contributed by atoms with Crippen LogP contribution in [0.2, 0.25) is 0 Å². The SMILES string of the molecule is Cc1cc(C=O)cc(C)c1Oc1cc(Nc2ccc(C#N)cc2)c2ccccc2n1. The summed E-state index contributed by atoms with van der Waals surface area (Å²) in [4.78, 5) is 15.8. The largest absolute Gasteiger partial charge is 0.438 e. The molecule has 0 unspecified atom stereocenters. The van der Waals surface area contributed by atoms with Crippen molar-refractivity contribution in [1.82, 2.24) is 4.98 Å². The van der Waals surface area contributed by atoms with Gasteiger partial charge in [0.05, 0.1) is 22.8 Å². The summed E-state index contributed by atoms with van der Waals surface area (Å²) in [5.74, 6) is 1.14. The van der Waals surface area contributed by atoms with E-state index < -0.39 is 0 Å². The number of rotatable bonds is 5. The highest BCUT2D eigenvalue weighted by atomic mass is 16.5. The predicted molar refractivity (Wildman–Crippen MR) is 118 cm³/mol. The second kappa shape index (κ2) is 8.06. The van der Waals surface area contributed by atoms with Crippen LogP contribution in [-0.4, -0.2) is 11.3 Å². The number of aryl methyl sites for hydroxylation is 2. The molecule has 0 atom stereocenters. The predicted octanol–water partition coefficient (Wildman–Crippen LogP) is 6.07. The molecule has 0 spiro atoms. The van der Waals surface area contributed by atoms with Gasteiger partial charge in [-0.25, -0.2) is 4.98 Å². The number of benzene rings is 3. The maximum absolute atomic E-state index is 11.1. The van der Waals surface area contributed by atoms with E-state index in [-0.39, 0.29) is 0 Å². The molecule has 0 saturated carbocycles. The van der Waals surface area contributed by atoms with Crippen molar-refractivity contribution < 1.29 is 9.53 Å². The Balaban J connectivity index is 1.75. The average Bonchev–Trinajstić information content (AvgIpc) is 2.76. The van der Waals surface area contributed by atoms with Crippen molar-refractivity contribution in [3.63, 3.8) is 0 Å². The fourth-order valence-corrected chi connectivity index (χ4v) is 3.41. The second-order valence-electron chi connectivity index (χ2n) is 7.04. The molecular weight excluding hydrogens is 374 g/mol. The number of para-hydroxylation sites is 1. The van der Waals surface area contributed by atoms with Crippen LogP contribution in [0.25, 0.3) is 10.9 Å². The molecule has 4 aromatic rings. The lowest BCUT2D eigenvalue weighted by atomic mass is 10.1. The Hall–Kier alpha value is -4.17. The Morgan fingerprint density at radius 1 is 1.00 bits per heavy atom. The number of pyridine rings is 1. The molecule has 0 aliphatic carbocycles. The standard InChI is InChI=1S/C25H19N3O2/c1-16-11-19(15-29)12-17(2)25(16)30-24-13-23(21-5-3-4-6-22(21)28-24)27-20-9-7-18(14-26)8-10-20/h3-13,15H,1-2H3,(H,27,28). The van der Waals surface area contributed by atoms with Gasteiger partial charge in [0.15, 0.2) is 0 Å². The number of nitriles is 1. The zero-order valence-electron chi connectivity index (χ0n) is 16.6. The van der Waals surface area contributed by atoms with E-state index >= 15 is 0 Å². The third-order valence-electron chi connectivity index (χ3n) is 4.81. The highest BCUT2D eigenvalue weighted by molar-refractivity contribution is 5.93. The van der Waals surface area contributed by atoms with Crippen molar-refractivity contribution in [3.8, 4) is 17.7 Å². The van der Waals surface area contributed by atoms with Crippen molar-refractivity contribution >= 4 is 28.6 Å². The van der Waals surface area contributed by atoms with Crippen molar-refractivity contribution in [3.05, 3.63) is 89.0 Å². The lowest BCUT2D eigenvalue weighted by Crippen LogP contribution is -1.98. The zero-order valence-corrected chi connectivity index (χ0v) is 16.6. The van der Waals surface area contributed by atoms with Crippen molar-refractivity contribution in [1.29, 1.82) is 5.26 Å². The van der Waals surface area contributed by atoms with Gasteiger partial charge in [-0.15, -0.1) is 0 Å². The molecule has 0 amide bonds. The van der Waals surface area contributed by atoms with Gasteiger partial charge in [-0.1, -0.05) is 18.2 Å². The van der Waals surface area contributed by atoms with Gasteiger partial charge in [0.1, 0.15) is 12.0 Å². The minimum atomic E-state index is 0.454. The van der Waals surface area contributed by atoms with Gasteiger partial charge in [0, 0.05) is 22.7 Å². The summed E-state index contributed by atoms with van der Waals surface area (Å²) >= 11 is 0. The lowest BCUT2D eigenvalue weighted by Gasteiger charge is -2.15. The highest BCUT2D eigenvalue weighted by Crippen LogP contribution is 2.34. The molecule has 1 N–H and O–H groups in total. The first-order valence-electron chi connectivity index (χ1n) is 9.48. The molecule has 0 aliphatic heterocycles. The van der Waals surface area contributed by atoms with E-state index in [2.05, 4.69) is 16.4 Å². The number of anilines is 2. The highest BCUT2D eigenvalue weighted by Gasteiger charge is 2.12. The number of aldehydes is 1. The maximum atomic E-state index is 11.1. The molecule has 0 aliphatic rings. The molecule has 3 aromatic carbocycles. The van der Waals surface area contributed by atoms with Gasteiger partial charge in [-0.3, -0.25) is 4.79 Å². The van der Waals surface area contributed by atoms with Gasteiger partial charge < -0.3 is 10.1 Å². The van der Waals surface area contributed by atoms with Crippen LogP contribution < -0.4 is 10.1 Å². The number of hydrogen-bond donors (Lipinski definition) is 1. The molecule has 0 radical (unpaired) electrons. The topological polar surface area (TPSA) is 75.0 Å². The Labute approximate surface area is 174 Å². The number of hydrogen-bond acceptors (Lipinski definition) is 5. The average molecular weight is 393 g/mol. The van der Waals surface area contributed by atoms with E-state index in [9.17, 15) is 4.79 Å². The first-order valence-corrected chi connectivity index (χ1v) is 9.48. The van der Waals surface area contributed by atoms with Gasteiger partial charge >= 0.3 is 0 Å². The van der Waals surface area contributed by atoms with Crippen LogP contribution >= 0.6 is 0 Å². The minimum Gasteiger partial charge on any atom is -0.438 e. The van der Waals surface area contributed by atoms with E-state index in [1.54, 1.807) is 24.3 Å². The van der Waals surface area contributed by atoms with Crippen LogP contribution in [-0.2, 0) is 0 Å². The zero-order chi connectivity index (χ0) is 21.1. The summed E-state index contributed by atoms with van der Waals surface area (Å²) in [5.41, 5.74) is 5.47. The van der Waals surface area contributed by atoms with Crippen molar-refractivity contribution in [2.45, 2.75) is 13.8 Å². The van der Waals surface area contributed by atoms with Gasteiger partial charge in [0.2, 0.25) is 5.88 Å². The fraction of sp³-hybridized carbons (Fsp3) is 0.0800. The summed E-state index contributed by atoms with van der Waals surface area (Å²) in [6, 6.07) is 22.6.